The van der Waals surface area contributed by atoms with Gasteiger partial charge >= 0.3 is 19.8 Å². The van der Waals surface area contributed by atoms with Gasteiger partial charge in [0.1, 0.15) is 23.5 Å². The van der Waals surface area contributed by atoms with E-state index in [-0.39, 0.29) is 37.8 Å². The van der Waals surface area contributed by atoms with Crippen molar-refractivity contribution in [3.8, 4) is 0 Å². The molecule has 0 unspecified atom stereocenters. The summed E-state index contributed by atoms with van der Waals surface area (Å²) >= 11 is 0. The lowest BCUT2D eigenvalue weighted by atomic mass is 9.83. The molecule has 0 aromatic heterocycles. The molecule has 0 radical (unpaired) electrons. The fourth-order valence-electron chi connectivity index (χ4n) is 8.16. The van der Waals surface area contributed by atoms with Gasteiger partial charge in [0.15, 0.2) is 0 Å². The van der Waals surface area contributed by atoms with Gasteiger partial charge in [-0.05, 0) is 67.1 Å². The first kappa shape index (κ1) is 35.4. The van der Waals surface area contributed by atoms with Crippen LogP contribution in [0.15, 0.2) is 30.9 Å². The molecule has 2 aliphatic carbocycles. The molecule has 3 heterocycles. The van der Waals surface area contributed by atoms with E-state index >= 15 is 0 Å². The van der Waals surface area contributed by atoms with Crippen molar-refractivity contribution >= 4 is 31.6 Å². The second kappa shape index (κ2) is 14.4. The molecule has 4 bridgehead atoms. The first-order valence-corrected chi connectivity index (χ1v) is 19.3. The Morgan fingerprint density at radius 2 is 1.82 bits per heavy atom. The van der Waals surface area contributed by atoms with Crippen molar-refractivity contribution in [3.63, 3.8) is 0 Å². The largest absolute Gasteiger partial charge is 0.449 e. The van der Waals surface area contributed by atoms with E-state index in [2.05, 4.69) is 23.3 Å². The van der Waals surface area contributed by atoms with Crippen molar-refractivity contribution in [1.29, 1.82) is 0 Å². The number of cyclic esters (lactones) is 1. The van der Waals surface area contributed by atoms with Gasteiger partial charge in [0, 0.05) is 25.4 Å². The standard InChI is InChI=1S/C35H49N4O9P/c1-3-26-17-35(26,49(44,45)46)37-31(40)29-16-27-19-39(29)32(41)30(24-12-5-4-6-13-24)36-33(42)47-21-22(2)10-7-8-11-23-14-9-15-25-18-38(20-28(23)25)34(43)48-27/h3,9,14-15,22,24,26-27,29-30H,1,4-8,10-13,16-21H2,2H3,(H,36,42)(H,37,40)(H2,44,45,46)/t22-,26+,27-,29+,30+,35-/m1/s1. The molecule has 13 nitrogen and oxygen atoms in total. The Bertz CT molecular complexity index is 1510. The van der Waals surface area contributed by atoms with Crippen LogP contribution in [0.3, 0.4) is 0 Å². The fraction of sp³-hybridized carbons (Fsp3) is 0.657. The lowest BCUT2D eigenvalue weighted by Crippen LogP contribution is -2.57. The minimum absolute atomic E-state index is 0.0135. The summed E-state index contributed by atoms with van der Waals surface area (Å²) in [6.45, 7) is 6.56. The van der Waals surface area contributed by atoms with Crippen molar-refractivity contribution in [3.05, 3.63) is 47.5 Å². The SMILES string of the molecule is C=C[C@H]1C[C@@]1(NC(=O)[C@@H]1C[C@@H]2CN1C(=O)[C@H](C1CCCCC1)NC(=O)OC[C@H](C)CCCCc1cccc3c1CN(C3)C(=O)O2)P(=O)(O)O. The molecule has 14 heteroatoms. The molecule has 2 saturated carbocycles. The number of nitrogens with zero attached hydrogens (tertiary/aromatic N) is 2. The molecule has 1 saturated heterocycles. The van der Waals surface area contributed by atoms with Crippen LogP contribution in [0.2, 0.25) is 0 Å². The highest BCUT2D eigenvalue weighted by molar-refractivity contribution is 7.54. The number of rotatable bonds is 5. The molecule has 4 amide bonds. The summed E-state index contributed by atoms with van der Waals surface area (Å²) in [4.78, 5) is 78.4. The van der Waals surface area contributed by atoms with Crippen LogP contribution in [0.4, 0.5) is 9.59 Å². The van der Waals surface area contributed by atoms with Gasteiger partial charge in [-0.1, -0.05) is 56.9 Å². The normalized spacial score (nSPS) is 31.7. The van der Waals surface area contributed by atoms with Gasteiger partial charge < -0.3 is 34.8 Å². The van der Waals surface area contributed by atoms with Crippen molar-refractivity contribution < 1.29 is 43.0 Å². The Morgan fingerprint density at radius 3 is 2.53 bits per heavy atom. The summed E-state index contributed by atoms with van der Waals surface area (Å²) in [6.07, 6.45) is 7.05. The topological polar surface area (TPSA) is 175 Å². The summed E-state index contributed by atoms with van der Waals surface area (Å²) in [7, 11) is -4.80. The van der Waals surface area contributed by atoms with Crippen molar-refractivity contribution in [2.75, 3.05) is 13.2 Å². The third kappa shape index (κ3) is 7.54. The second-order valence-corrected chi connectivity index (χ2v) is 16.5. The maximum absolute atomic E-state index is 14.5. The minimum atomic E-state index is -4.80. The van der Waals surface area contributed by atoms with E-state index in [1.54, 1.807) is 4.90 Å². The van der Waals surface area contributed by atoms with Crippen LogP contribution >= 0.6 is 7.60 Å². The van der Waals surface area contributed by atoms with E-state index in [0.29, 0.717) is 25.9 Å². The van der Waals surface area contributed by atoms with E-state index < -0.39 is 61.0 Å². The zero-order valence-corrected chi connectivity index (χ0v) is 29.1. The Kier molecular flexibility index (Phi) is 10.4. The van der Waals surface area contributed by atoms with Gasteiger partial charge in [0.25, 0.3) is 0 Å². The zero-order valence-electron chi connectivity index (χ0n) is 28.2. The van der Waals surface area contributed by atoms with Gasteiger partial charge in [-0.15, -0.1) is 6.58 Å². The molecule has 5 aliphatic rings. The van der Waals surface area contributed by atoms with Gasteiger partial charge in [-0.3, -0.25) is 19.1 Å². The van der Waals surface area contributed by atoms with E-state index in [0.717, 1.165) is 56.1 Å². The first-order chi connectivity index (χ1) is 23.4. The smallest absolute Gasteiger partial charge is 0.410 e. The van der Waals surface area contributed by atoms with Gasteiger partial charge in [0.2, 0.25) is 11.8 Å². The first-order valence-electron chi connectivity index (χ1n) is 17.7. The van der Waals surface area contributed by atoms with Crippen LogP contribution < -0.4 is 10.6 Å². The summed E-state index contributed by atoms with van der Waals surface area (Å²) in [5.74, 6) is -1.98. The number of ether oxygens (including phenoxy) is 2. The number of amides is 4. The molecule has 1 aromatic carbocycles. The number of fused-ring (bicyclic) bond motifs is 3. The van der Waals surface area contributed by atoms with Crippen LogP contribution in [0.25, 0.3) is 0 Å². The number of hydrogen-bond acceptors (Lipinski definition) is 7. The second-order valence-electron chi connectivity index (χ2n) is 14.6. The van der Waals surface area contributed by atoms with Gasteiger partial charge in [-0.25, -0.2) is 9.59 Å². The number of nitrogens with one attached hydrogen (secondary N) is 2. The van der Waals surface area contributed by atoms with E-state index in [1.807, 2.05) is 19.1 Å². The zero-order chi connectivity index (χ0) is 34.9. The molecule has 6 atom stereocenters. The molecular formula is C35H49N4O9P. The van der Waals surface area contributed by atoms with Crippen molar-refractivity contribution in [2.24, 2.45) is 17.8 Å². The maximum atomic E-state index is 14.5. The highest BCUT2D eigenvalue weighted by Crippen LogP contribution is 2.67. The number of carbonyl (C=O) groups is 4. The summed E-state index contributed by atoms with van der Waals surface area (Å²) < 4.78 is 24.1. The lowest BCUT2D eigenvalue weighted by molar-refractivity contribution is -0.141. The predicted molar refractivity (Wildman–Crippen MR) is 179 cm³/mol. The minimum Gasteiger partial charge on any atom is -0.449 e. The highest BCUT2D eigenvalue weighted by atomic mass is 31.2. The van der Waals surface area contributed by atoms with E-state index in [9.17, 15) is 33.5 Å². The molecule has 3 aliphatic heterocycles. The molecule has 49 heavy (non-hydrogen) atoms. The average molecular weight is 701 g/mol. The van der Waals surface area contributed by atoms with Crippen LogP contribution in [0, 0.1) is 17.8 Å². The van der Waals surface area contributed by atoms with Crippen LogP contribution in [-0.2, 0) is 43.1 Å². The van der Waals surface area contributed by atoms with Crippen LogP contribution in [-0.4, -0.2) is 80.2 Å². The van der Waals surface area contributed by atoms with Crippen LogP contribution in [0.1, 0.15) is 87.8 Å². The highest BCUT2D eigenvalue weighted by Gasteiger charge is 2.66. The predicted octanol–water partition coefficient (Wildman–Crippen LogP) is 4.34. The molecule has 3 fully saturated rings. The number of alkyl carbamates (subject to hydrolysis) is 1. The molecule has 0 spiro atoms. The Balaban J connectivity index is 1.29. The molecular weight excluding hydrogens is 651 g/mol. The third-order valence-corrected chi connectivity index (χ3v) is 12.8. The van der Waals surface area contributed by atoms with Crippen molar-refractivity contribution in [1.82, 2.24) is 20.4 Å². The number of carbonyl (C=O) groups excluding carboxylic acids is 4. The third-order valence-electron chi connectivity index (χ3n) is 11.1. The molecule has 1 aromatic rings. The Hall–Kier alpha value is -3.41. The van der Waals surface area contributed by atoms with Crippen LogP contribution in [0.5, 0.6) is 0 Å². The molecule has 268 valence electrons. The van der Waals surface area contributed by atoms with Gasteiger partial charge in [0.05, 0.1) is 13.2 Å². The Morgan fingerprint density at radius 1 is 1.08 bits per heavy atom. The summed E-state index contributed by atoms with van der Waals surface area (Å²) in [6, 6.07) is 3.92. The maximum Gasteiger partial charge on any atom is 0.410 e. The lowest BCUT2D eigenvalue weighted by Gasteiger charge is -2.34. The number of aryl methyl sites for hydroxylation is 1. The fourth-order valence-corrected chi connectivity index (χ4v) is 9.38. The Labute approximate surface area is 287 Å². The number of hydrogen-bond donors (Lipinski definition) is 4. The summed E-state index contributed by atoms with van der Waals surface area (Å²) in [5, 5.41) is 3.58. The molecule has 4 N–H and O–H groups in total. The van der Waals surface area contributed by atoms with Gasteiger partial charge in [-0.2, -0.15) is 0 Å². The summed E-state index contributed by atoms with van der Waals surface area (Å²) in [5.41, 5.74) is 3.36. The average Bonchev–Trinajstić information content (AvgIpc) is 3.39. The molecule has 6 rings (SSSR count). The number of benzene rings is 1. The van der Waals surface area contributed by atoms with Crippen molar-refractivity contribution in [2.45, 2.75) is 114 Å². The van der Waals surface area contributed by atoms with E-state index in [4.69, 9.17) is 9.47 Å². The van der Waals surface area contributed by atoms with E-state index in [1.165, 1.54) is 16.5 Å². The quantitative estimate of drug-likeness (QED) is 0.257. The monoisotopic (exact) mass is 700 g/mol.